The predicted octanol–water partition coefficient (Wildman–Crippen LogP) is -0.512. The summed E-state index contributed by atoms with van der Waals surface area (Å²) in [5.74, 6) is -2.58. The Hall–Kier alpha value is -1.24. The summed E-state index contributed by atoms with van der Waals surface area (Å²) in [6.45, 7) is 1.03. The van der Waals surface area contributed by atoms with E-state index in [-0.39, 0.29) is 0 Å². The van der Waals surface area contributed by atoms with E-state index in [2.05, 4.69) is 9.78 Å². The topological polar surface area (TPSA) is 86.7 Å². The highest BCUT2D eigenvalue weighted by atomic mass is 32.2. The first-order valence-electron chi connectivity index (χ1n) is 4.33. The molecule has 0 bridgehead atoms. The molecule has 0 amide bonds. The molecule has 0 saturated carbocycles. The molecule has 1 fully saturated rings. The Labute approximate surface area is 88.3 Å². The van der Waals surface area contributed by atoms with Crippen LogP contribution in [0.3, 0.4) is 0 Å². The van der Waals surface area contributed by atoms with E-state index in [1.165, 1.54) is 0 Å². The van der Waals surface area contributed by atoms with E-state index in [4.69, 9.17) is 0 Å². The first kappa shape index (κ1) is 11.8. The number of rotatable bonds is 2. The standard InChI is InChI=1S/C8H10O6S/c1-5(9)13-14-8(11)7(10)6-3-2-4-15(6)12/h6H,2-4H2,1H3. The van der Waals surface area contributed by atoms with Crippen molar-refractivity contribution in [3.05, 3.63) is 0 Å². The molecule has 1 aliphatic heterocycles. The van der Waals surface area contributed by atoms with Gasteiger partial charge in [-0.15, -0.1) is 0 Å². The van der Waals surface area contributed by atoms with Gasteiger partial charge in [-0.2, -0.15) is 0 Å². The summed E-state index contributed by atoms with van der Waals surface area (Å²) < 4.78 is 11.2. The van der Waals surface area contributed by atoms with Crippen LogP contribution in [-0.2, 0) is 35.0 Å². The molecule has 6 nitrogen and oxygen atoms in total. The van der Waals surface area contributed by atoms with Gasteiger partial charge in [0, 0.05) is 23.5 Å². The summed E-state index contributed by atoms with van der Waals surface area (Å²) in [5, 5.41) is -0.812. The summed E-state index contributed by atoms with van der Waals surface area (Å²) >= 11 is 0. The maximum absolute atomic E-state index is 11.3. The van der Waals surface area contributed by atoms with Crippen molar-refractivity contribution >= 4 is 28.5 Å². The fourth-order valence-electron chi connectivity index (χ4n) is 1.20. The zero-order chi connectivity index (χ0) is 11.4. The molecule has 0 aromatic carbocycles. The number of carbonyl (C=O) groups is 3. The lowest BCUT2D eigenvalue weighted by Gasteiger charge is -2.04. The lowest BCUT2D eigenvalue weighted by atomic mass is 10.2. The van der Waals surface area contributed by atoms with Crippen LogP contribution in [0.25, 0.3) is 0 Å². The van der Waals surface area contributed by atoms with Gasteiger partial charge in [-0.05, 0) is 12.8 Å². The van der Waals surface area contributed by atoms with Gasteiger partial charge in [-0.1, -0.05) is 0 Å². The zero-order valence-corrected chi connectivity index (χ0v) is 8.87. The van der Waals surface area contributed by atoms with E-state index in [0.29, 0.717) is 18.6 Å². The lowest BCUT2D eigenvalue weighted by molar-refractivity contribution is -0.254. The van der Waals surface area contributed by atoms with Gasteiger partial charge in [-0.3, -0.25) is 9.00 Å². The van der Waals surface area contributed by atoms with Crippen molar-refractivity contribution in [2.24, 2.45) is 0 Å². The van der Waals surface area contributed by atoms with Crippen LogP contribution in [0, 0.1) is 0 Å². The Morgan fingerprint density at radius 2 is 1.93 bits per heavy atom. The minimum atomic E-state index is -1.32. The largest absolute Gasteiger partial charge is 0.422 e. The molecule has 0 aromatic rings. The fraction of sp³-hybridized carbons (Fsp3) is 0.625. The van der Waals surface area contributed by atoms with Crippen LogP contribution in [0.15, 0.2) is 0 Å². The van der Waals surface area contributed by atoms with Crippen molar-refractivity contribution in [1.29, 1.82) is 0 Å². The van der Waals surface area contributed by atoms with Gasteiger partial charge in [0.15, 0.2) is 0 Å². The van der Waals surface area contributed by atoms with E-state index in [1.807, 2.05) is 0 Å². The summed E-state index contributed by atoms with van der Waals surface area (Å²) in [4.78, 5) is 40.5. The Balaban J connectivity index is 2.49. The molecule has 2 atom stereocenters. The Morgan fingerprint density at radius 1 is 1.27 bits per heavy atom. The van der Waals surface area contributed by atoms with Gasteiger partial charge in [0.1, 0.15) is 5.25 Å². The van der Waals surface area contributed by atoms with Gasteiger partial charge < -0.3 is 0 Å². The van der Waals surface area contributed by atoms with Gasteiger partial charge in [-0.25, -0.2) is 19.4 Å². The van der Waals surface area contributed by atoms with Crippen molar-refractivity contribution in [2.75, 3.05) is 5.75 Å². The molecule has 1 rings (SSSR count). The Morgan fingerprint density at radius 3 is 2.40 bits per heavy atom. The molecule has 1 heterocycles. The van der Waals surface area contributed by atoms with E-state index < -0.39 is 33.8 Å². The molecular weight excluding hydrogens is 224 g/mol. The van der Waals surface area contributed by atoms with Crippen LogP contribution in [0.4, 0.5) is 0 Å². The highest BCUT2D eigenvalue weighted by molar-refractivity contribution is 7.86. The molecule has 0 spiro atoms. The molecule has 2 unspecified atom stereocenters. The summed E-state index contributed by atoms with van der Waals surface area (Å²) in [5.41, 5.74) is 0. The third-order valence-electron chi connectivity index (χ3n) is 1.86. The average molecular weight is 234 g/mol. The SMILES string of the molecule is CC(=O)OOC(=O)C(=O)C1CCCS1=O. The van der Waals surface area contributed by atoms with Gasteiger partial charge in [0.05, 0.1) is 0 Å². The number of Topliss-reactive ketones (excluding diaryl/α,β-unsaturated/α-hetero) is 1. The van der Waals surface area contributed by atoms with E-state index >= 15 is 0 Å². The minimum Gasteiger partial charge on any atom is -0.285 e. The van der Waals surface area contributed by atoms with E-state index in [9.17, 15) is 18.6 Å². The molecule has 0 radical (unpaired) electrons. The van der Waals surface area contributed by atoms with Crippen LogP contribution in [-0.4, -0.2) is 32.9 Å². The highest BCUT2D eigenvalue weighted by Crippen LogP contribution is 2.17. The zero-order valence-electron chi connectivity index (χ0n) is 8.06. The predicted molar refractivity (Wildman–Crippen MR) is 48.9 cm³/mol. The fourth-order valence-corrected chi connectivity index (χ4v) is 2.70. The molecule has 7 heteroatoms. The third kappa shape index (κ3) is 3.12. The van der Waals surface area contributed by atoms with Crippen molar-refractivity contribution < 1.29 is 28.4 Å². The highest BCUT2D eigenvalue weighted by Gasteiger charge is 2.35. The molecule has 0 aliphatic carbocycles. The quantitative estimate of drug-likeness (QED) is 0.363. The molecule has 15 heavy (non-hydrogen) atoms. The average Bonchev–Trinajstić information content (AvgIpc) is 2.59. The summed E-state index contributed by atoms with van der Waals surface area (Å²) in [6.07, 6.45) is 1.05. The van der Waals surface area contributed by atoms with Gasteiger partial charge in [0.2, 0.25) is 0 Å². The second kappa shape index (κ2) is 5.01. The van der Waals surface area contributed by atoms with Crippen LogP contribution >= 0.6 is 0 Å². The molecule has 0 aromatic heterocycles. The lowest BCUT2D eigenvalue weighted by Crippen LogP contribution is -2.31. The molecule has 1 saturated heterocycles. The second-order valence-corrected chi connectivity index (χ2v) is 4.76. The number of ketones is 1. The van der Waals surface area contributed by atoms with Crippen molar-refractivity contribution in [3.63, 3.8) is 0 Å². The maximum atomic E-state index is 11.3. The Kier molecular flexibility index (Phi) is 3.96. The van der Waals surface area contributed by atoms with Gasteiger partial charge >= 0.3 is 11.9 Å². The first-order chi connectivity index (χ1) is 7.02. The molecule has 0 N–H and O–H groups in total. The maximum Gasteiger partial charge on any atom is 0.422 e. The first-order valence-corrected chi connectivity index (χ1v) is 5.71. The van der Waals surface area contributed by atoms with Crippen LogP contribution < -0.4 is 0 Å². The third-order valence-corrected chi connectivity index (χ3v) is 3.63. The minimum absolute atomic E-state index is 0.403. The summed E-state index contributed by atoms with van der Waals surface area (Å²) in [7, 11) is -1.32. The smallest absolute Gasteiger partial charge is 0.285 e. The Bertz CT molecular complexity index is 323. The van der Waals surface area contributed by atoms with Crippen LogP contribution in [0.1, 0.15) is 19.8 Å². The van der Waals surface area contributed by atoms with Crippen molar-refractivity contribution in [1.82, 2.24) is 0 Å². The van der Waals surface area contributed by atoms with E-state index in [1.54, 1.807) is 0 Å². The normalized spacial score (nSPS) is 24.6. The van der Waals surface area contributed by atoms with Crippen LogP contribution in [0.2, 0.25) is 0 Å². The molecule has 1 aliphatic rings. The number of hydrogen-bond donors (Lipinski definition) is 0. The number of carbonyl (C=O) groups excluding carboxylic acids is 3. The molecule has 84 valence electrons. The monoisotopic (exact) mass is 234 g/mol. The number of hydrogen-bond acceptors (Lipinski definition) is 6. The summed E-state index contributed by atoms with van der Waals surface area (Å²) in [6, 6.07) is 0. The van der Waals surface area contributed by atoms with Crippen LogP contribution in [0.5, 0.6) is 0 Å². The van der Waals surface area contributed by atoms with Crippen molar-refractivity contribution in [2.45, 2.75) is 25.0 Å². The molecular formula is C8H10O6S. The van der Waals surface area contributed by atoms with E-state index in [0.717, 1.165) is 6.92 Å². The van der Waals surface area contributed by atoms with Gasteiger partial charge in [0.25, 0.3) is 5.78 Å². The second-order valence-electron chi connectivity index (χ2n) is 3.03. The van der Waals surface area contributed by atoms with Crippen molar-refractivity contribution in [3.8, 4) is 0 Å².